The van der Waals surface area contributed by atoms with E-state index in [1.807, 2.05) is 18.2 Å². The Kier molecular flexibility index (Phi) is 6.27. The number of benzene rings is 1. The van der Waals surface area contributed by atoms with Crippen molar-refractivity contribution in [3.8, 4) is 5.75 Å². The molecule has 0 aliphatic carbocycles. The molecule has 1 aromatic rings. The Hall–Kier alpha value is -0.730. The Bertz CT molecular complexity index is 315. The molecule has 0 radical (unpaired) electrons. The molecule has 0 saturated carbocycles. The van der Waals surface area contributed by atoms with E-state index in [9.17, 15) is 0 Å². The van der Waals surface area contributed by atoms with Gasteiger partial charge in [-0.15, -0.1) is 0 Å². The van der Waals surface area contributed by atoms with E-state index in [1.165, 1.54) is 24.8 Å². The average Bonchev–Trinajstić information content (AvgIpc) is 2.29. The lowest BCUT2D eigenvalue weighted by atomic mass is 10.2. The second-order valence-electron chi connectivity index (χ2n) is 3.85. The van der Waals surface area contributed by atoms with Gasteiger partial charge in [0.1, 0.15) is 5.75 Å². The van der Waals surface area contributed by atoms with Crippen LogP contribution in [0, 0.1) is 0 Å². The molecular weight excluding hydrogens is 222 g/mol. The van der Waals surface area contributed by atoms with Gasteiger partial charge in [-0.2, -0.15) is 0 Å². The predicted octanol–water partition coefficient (Wildman–Crippen LogP) is 3.63. The van der Waals surface area contributed by atoms with Crippen LogP contribution in [0.2, 0.25) is 5.02 Å². The van der Waals surface area contributed by atoms with Crippen LogP contribution in [-0.4, -0.2) is 13.7 Å². The van der Waals surface area contributed by atoms with E-state index in [2.05, 4.69) is 12.2 Å². The highest BCUT2D eigenvalue weighted by atomic mass is 35.5. The molecule has 0 aliphatic heterocycles. The third kappa shape index (κ3) is 4.42. The van der Waals surface area contributed by atoms with Gasteiger partial charge in [0.05, 0.1) is 12.1 Å². The number of hydrogen-bond donors (Lipinski definition) is 1. The smallest absolute Gasteiger partial charge is 0.137 e. The van der Waals surface area contributed by atoms with E-state index in [0.29, 0.717) is 5.02 Å². The number of halogens is 1. The first-order valence-corrected chi connectivity index (χ1v) is 6.19. The minimum atomic E-state index is 0.676. The van der Waals surface area contributed by atoms with E-state index in [0.717, 1.165) is 18.8 Å². The van der Waals surface area contributed by atoms with Crippen LogP contribution in [-0.2, 0) is 6.54 Å². The van der Waals surface area contributed by atoms with Crippen LogP contribution in [0.5, 0.6) is 5.75 Å². The quantitative estimate of drug-likeness (QED) is 0.736. The zero-order chi connectivity index (χ0) is 11.8. The molecule has 0 aromatic heterocycles. The molecule has 3 heteroatoms. The van der Waals surface area contributed by atoms with Gasteiger partial charge in [-0.25, -0.2) is 0 Å². The summed E-state index contributed by atoms with van der Waals surface area (Å²) >= 11 is 6.04. The molecule has 1 aromatic carbocycles. The van der Waals surface area contributed by atoms with Crippen molar-refractivity contribution < 1.29 is 4.74 Å². The van der Waals surface area contributed by atoms with Crippen molar-refractivity contribution in [3.05, 3.63) is 28.8 Å². The Balaban J connectivity index is 2.34. The normalized spacial score (nSPS) is 10.4. The van der Waals surface area contributed by atoms with Crippen LogP contribution < -0.4 is 10.1 Å². The second-order valence-corrected chi connectivity index (χ2v) is 4.26. The van der Waals surface area contributed by atoms with E-state index in [4.69, 9.17) is 16.3 Å². The van der Waals surface area contributed by atoms with Gasteiger partial charge in [-0.05, 0) is 30.7 Å². The van der Waals surface area contributed by atoms with Crippen molar-refractivity contribution in [2.24, 2.45) is 0 Å². The SMILES string of the molecule is CCCCCNCc1ccc(OC)c(Cl)c1. The summed E-state index contributed by atoms with van der Waals surface area (Å²) < 4.78 is 5.11. The fraction of sp³-hybridized carbons (Fsp3) is 0.538. The molecule has 0 spiro atoms. The number of rotatable bonds is 7. The molecule has 0 unspecified atom stereocenters. The molecule has 0 saturated heterocycles. The molecule has 0 heterocycles. The van der Waals surface area contributed by atoms with Crippen molar-refractivity contribution in [2.45, 2.75) is 32.7 Å². The fourth-order valence-electron chi connectivity index (χ4n) is 1.55. The van der Waals surface area contributed by atoms with Crippen LogP contribution >= 0.6 is 11.6 Å². The first-order valence-electron chi connectivity index (χ1n) is 5.81. The molecular formula is C13H20ClNO. The number of ether oxygens (including phenoxy) is 1. The fourth-order valence-corrected chi connectivity index (χ4v) is 1.83. The highest BCUT2D eigenvalue weighted by Gasteiger charge is 2.01. The lowest BCUT2D eigenvalue weighted by Crippen LogP contribution is -2.14. The zero-order valence-electron chi connectivity index (χ0n) is 10.1. The maximum absolute atomic E-state index is 6.04. The summed E-state index contributed by atoms with van der Waals surface area (Å²) in [6, 6.07) is 5.90. The van der Waals surface area contributed by atoms with Crippen LogP contribution in [0.3, 0.4) is 0 Å². The highest BCUT2D eigenvalue weighted by molar-refractivity contribution is 6.32. The topological polar surface area (TPSA) is 21.3 Å². The Morgan fingerprint density at radius 2 is 2.12 bits per heavy atom. The predicted molar refractivity (Wildman–Crippen MR) is 69.2 cm³/mol. The van der Waals surface area contributed by atoms with Crippen molar-refractivity contribution >= 4 is 11.6 Å². The molecule has 90 valence electrons. The highest BCUT2D eigenvalue weighted by Crippen LogP contribution is 2.24. The molecule has 0 amide bonds. The lowest BCUT2D eigenvalue weighted by Gasteiger charge is -2.07. The molecule has 1 rings (SSSR count). The summed E-state index contributed by atoms with van der Waals surface area (Å²) in [6.45, 7) is 4.15. The minimum Gasteiger partial charge on any atom is -0.495 e. The van der Waals surface area contributed by atoms with Gasteiger partial charge in [-0.1, -0.05) is 37.4 Å². The van der Waals surface area contributed by atoms with E-state index in [-0.39, 0.29) is 0 Å². The summed E-state index contributed by atoms with van der Waals surface area (Å²) in [5.74, 6) is 0.733. The van der Waals surface area contributed by atoms with Crippen molar-refractivity contribution in [2.75, 3.05) is 13.7 Å². The lowest BCUT2D eigenvalue weighted by molar-refractivity contribution is 0.415. The van der Waals surface area contributed by atoms with Gasteiger partial charge in [0.15, 0.2) is 0 Å². The zero-order valence-corrected chi connectivity index (χ0v) is 10.8. The monoisotopic (exact) mass is 241 g/mol. The first kappa shape index (κ1) is 13.3. The second kappa shape index (κ2) is 7.53. The number of methoxy groups -OCH3 is 1. The maximum atomic E-state index is 6.04. The molecule has 16 heavy (non-hydrogen) atoms. The summed E-state index contributed by atoms with van der Waals surface area (Å²) in [5.41, 5.74) is 1.20. The summed E-state index contributed by atoms with van der Waals surface area (Å²) in [6.07, 6.45) is 3.78. The number of hydrogen-bond acceptors (Lipinski definition) is 2. The third-order valence-electron chi connectivity index (χ3n) is 2.50. The van der Waals surface area contributed by atoms with Gasteiger partial charge < -0.3 is 10.1 Å². The third-order valence-corrected chi connectivity index (χ3v) is 2.80. The van der Waals surface area contributed by atoms with E-state index in [1.54, 1.807) is 7.11 Å². The maximum Gasteiger partial charge on any atom is 0.137 e. The average molecular weight is 242 g/mol. The van der Waals surface area contributed by atoms with Gasteiger partial charge in [-0.3, -0.25) is 0 Å². The Labute approximate surface area is 103 Å². The van der Waals surface area contributed by atoms with Crippen LogP contribution in [0.15, 0.2) is 18.2 Å². The first-order chi connectivity index (χ1) is 7.77. The largest absolute Gasteiger partial charge is 0.495 e. The summed E-state index contributed by atoms with van der Waals surface area (Å²) in [7, 11) is 1.63. The van der Waals surface area contributed by atoms with Gasteiger partial charge in [0.25, 0.3) is 0 Å². The van der Waals surface area contributed by atoms with E-state index < -0.39 is 0 Å². The van der Waals surface area contributed by atoms with Crippen molar-refractivity contribution in [1.82, 2.24) is 5.32 Å². The summed E-state index contributed by atoms with van der Waals surface area (Å²) in [5, 5.41) is 4.08. The minimum absolute atomic E-state index is 0.676. The molecule has 0 fully saturated rings. The molecule has 0 atom stereocenters. The van der Waals surface area contributed by atoms with E-state index >= 15 is 0 Å². The van der Waals surface area contributed by atoms with Crippen molar-refractivity contribution in [3.63, 3.8) is 0 Å². The van der Waals surface area contributed by atoms with Crippen LogP contribution in [0.4, 0.5) is 0 Å². The Morgan fingerprint density at radius 3 is 2.75 bits per heavy atom. The van der Waals surface area contributed by atoms with Crippen molar-refractivity contribution in [1.29, 1.82) is 0 Å². The summed E-state index contributed by atoms with van der Waals surface area (Å²) in [4.78, 5) is 0. The van der Waals surface area contributed by atoms with Gasteiger partial charge in [0.2, 0.25) is 0 Å². The molecule has 0 aliphatic rings. The number of nitrogens with one attached hydrogen (secondary N) is 1. The molecule has 2 nitrogen and oxygen atoms in total. The standard InChI is InChI=1S/C13H20ClNO/c1-3-4-5-8-15-10-11-6-7-13(16-2)12(14)9-11/h6-7,9,15H,3-5,8,10H2,1-2H3. The number of unbranched alkanes of at least 4 members (excludes halogenated alkanes) is 2. The molecule has 0 bridgehead atoms. The van der Waals surface area contributed by atoms with Gasteiger partial charge in [0, 0.05) is 6.54 Å². The molecule has 1 N–H and O–H groups in total. The van der Waals surface area contributed by atoms with Crippen LogP contribution in [0.1, 0.15) is 31.7 Å². The van der Waals surface area contributed by atoms with Gasteiger partial charge >= 0.3 is 0 Å². The van der Waals surface area contributed by atoms with Crippen LogP contribution in [0.25, 0.3) is 0 Å². The Morgan fingerprint density at radius 1 is 1.31 bits per heavy atom.